The maximum Gasteiger partial charge on any atom is 0.389 e. The molecule has 0 aliphatic carbocycles. The monoisotopic (exact) mass is 206 g/mol. The van der Waals surface area contributed by atoms with E-state index in [4.69, 9.17) is 0 Å². The lowest BCUT2D eigenvalue weighted by molar-refractivity contribution is -0.135. The fourth-order valence-electron chi connectivity index (χ4n) is 1.02. The van der Waals surface area contributed by atoms with E-state index in [0.717, 1.165) is 0 Å². The molecule has 0 saturated heterocycles. The first-order chi connectivity index (χ1) is 6.49. The Labute approximate surface area is 78.7 Å². The van der Waals surface area contributed by atoms with E-state index >= 15 is 0 Å². The normalized spacial score (nSPS) is 11.6. The average Bonchev–Trinajstić information content (AvgIpc) is 2.53. The molecule has 0 radical (unpaired) electrons. The molecule has 0 N–H and O–H groups in total. The van der Waals surface area contributed by atoms with Gasteiger partial charge < -0.3 is 4.42 Å². The Balaban J connectivity index is 2.30. The van der Waals surface area contributed by atoms with Crippen LogP contribution in [0.25, 0.3) is 0 Å². The SMILES string of the molecule is O=C(CCCC(F)(F)F)c1ccoc1. The van der Waals surface area contributed by atoms with Crippen LogP contribution in [0.4, 0.5) is 13.2 Å². The summed E-state index contributed by atoms with van der Waals surface area (Å²) in [4.78, 5) is 11.2. The van der Waals surface area contributed by atoms with E-state index in [2.05, 4.69) is 4.42 Å². The molecular weight excluding hydrogens is 197 g/mol. The Morgan fingerprint density at radius 3 is 2.64 bits per heavy atom. The highest BCUT2D eigenvalue weighted by Crippen LogP contribution is 2.22. The number of alkyl halides is 3. The second-order valence-corrected chi connectivity index (χ2v) is 2.90. The minimum Gasteiger partial charge on any atom is -0.472 e. The van der Waals surface area contributed by atoms with Crippen molar-refractivity contribution in [2.24, 2.45) is 0 Å². The lowest BCUT2D eigenvalue weighted by atomic mass is 10.1. The van der Waals surface area contributed by atoms with Gasteiger partial charge in [-0.1, -0.05) is 0 Å². The van der Waals surface area contributed by atoms with E-state index in [1.54, 1.807) is 0 Å². The van der Waals surface area contributed by atoms with E-state index in [1.807, 2.05) is 0 Å². The first-order valence-electron chi connectivity index (χ1n) is 4.11. The summed E-state index contributed by atoms with van der Waals surface area (Å²) in [5.41, 5.74) is 0.326. The molecular formula is C9H9F3O2. The fraction of sp³-hybridized carbons (Fsp3) is 0.444. The van der Waals surface area contributed by atoms with Crippen LogP contribution in [0.2, 0.25) is 0 Å². The van der Waals surface area contributed by atoms with Gasteiger partial charge in [0.2, 0.25) is 0 Å². The largest absolute Gasteiger partial charge is 0.472 e. The maximum atomic E-state index is 11.7. The summed E-state index contributed by atoms with van der Waals surface area (Å²) in [6.45, 7) is 0. The minimum absolute atomic E-state index is 0.0982. The molecule has 14 heavy (non-hydrogen) atoms. The molecule has 0 atom stereocenters. The molecule has 0 aromatic carbocycles. The van der Waals surface area contributed by atoms with Crippen LogP contribution in [-0.2, 0) is 0 Å². The molecule has 2 nitrogen and oxygen atoms in total. The molecule has 1 rings (SSSR count). The zero-order valence-corrected chi connectivity index (χ0v) is 7.30. The number of furan rings is 1. The van der Waals surface area contributed by atoms with Gasteiger partial charge in [0.05, 0.1) is 11.8 Å². The van der Waals surface area contributed by atoms with Crippen LogP contribution >= 0.6 is 0 Å². The van der Waals surface area contributed by atoms with Gasteiger partial charge in [-0.15, -0.1) is 0 Å². The number of halogens is 3. The van der Waals surface area contributed by atoms with Crippen LogP contribution in [0, 0.1) is 0 Å². The molecule has 0 aliphatic heterocycles. The van der Waals surface area contributed by atoms with E-state index < -0.39 is 12.6 Å². The Bertz CT molecular complexity index is 288. The highest BCUT2D eigenvalue weighted by Gasteiger charge is 2.26. The van der Waals surface area contributed by atoms with E-state index in [9.17, 15) is 18.0 Å². The first-order valence-corrected chi connectivity index (χ1v) is 4.11. The predicted octanol–water partition coefficient (Wildman–Crippen LogP) is 3.19. The maximum absolute atomic E-state index is 11.7. The van der Waals surface area contributed by atoms with Crippen LogP contribution in [0.15, 0.2) is 23.0 Å². The summed E-state index contributed by atoms with van der Waals surface area (Å²) in [6, 6.07) is 1.44. The van der Waals surface area contributed by atoms with Crippen molar-refractivity contribution in [2.75, 3.05) is 0 Å². The third-order valence-corrected chi connectivity index (χ3v) is 1.71. The topological polar surface area (TPSA) is 30.2 Å². The number of carbonyl (C=O) groups is 1. The molecule has 0 fully saturated rings. The highest BCUT2D eigenvalue weighted by molar-refractivity contribution is 5.95. The van der Waals surface area contributed by atoms with Crippen LogP contribution in [0.1, 0.15) is 29.6 Å². The zero-order valence-electron chi connectivity index (χ0n) is 7.30. The molecule has 78 valence electrons. The molecule has 0 spiro atoms. The van der Waals surface area contributed by atoms with Gasteiger partial charge in [-0.3, -0.25) is 4.79 Å². The molecule has 1 aromatic heterocycles. The van der Waals surface area contributed by atoms with Crippen molar-refractivity contribution in [3.8, 4) is 0 Å². The number of hydrogen-bond acceptors (Lipinski definition) is 2. The quantitative estimate of drug-likeness (QED) is 0.708. The van der Waals surface area contributed by atoms with Crippen molar-refractivity contribution in [2.45, 2.75) is 25.4 Å². The third-order valence-electron chi connectivity index (χ3n) is 1.71. The molecule has 1 aromatic rings. The lowest BCUT2D eigenvalue weighted by Gasteiger charge is -2.04. The van der Waals surface area contributed by atoms with Gasteiger partial charge in [0.25, 0.3) is 0 Å². The highest BCUT2D eigenvalue weighted by atomic mass is 19.4. The number of rotatable bonds is 4. The molecule has 0 aliphatic rings. The summed E-state index contributed by atoms with van der Waals surface area (Å²) in [6.07, 6.45) is -2.83. The fourth-order valence-corrected chi connectivity index (χ4v) is 1.02. The van der Waals surface area contributed by atoms with Crippen molar-refractivity contribution >= 4 is 5.78 Å². The van der Waals surface area contributed by atoms with Crippen LogP contribution in [-0.4, -0.2) is 12.0 Å². The third kappa shape index (κ3) is 3.64. The van der Waals surface area contributed by atoms with E-state index in [-0.39, 0.29) is 18.6 Å². The Morgan fingerprint density at radius 2 is 2.14 bits per heavy atom. The number of ketones is 1. The van der Waals surface area contributed by atoms with Gasteiger partial charge in [-0.25, -0.2) is 0 Å². The van der Waals surface area contributed by atoms with Crippen LogP contribution < -0.4 is 0 Å². The Morgan fingerprint density at radius 1 is 1.43 bits per heavy atom. The van der Waals surface area contributed by atoms with Crippen molar-refractivity contribution in [3.05, 3.63) is 24.2 Å². The van der Waals surface area contributed by atoms with Gasteiger partial charge in [0, 0.05) is 12.8 Å². The molecule has 0 unspecified atom stereocenters. The van der Waals surface area contributed by atoms with Gasteiger partial charge in [0.15, 0.2) is 5.78 Å². The van der Waals surface area contributed by atoms with Crippen molar-refractivity contribution < 1.29 is 22.4 Å². The zero-order chi connectivity index (χ0) is 10.6. The Hall–Kier alpha value is -1.26. The Kier molecular flexibility index (Phi) is 3.33. The second kappa shape index (κ2) is 4.30. The summed E-state index contributed by atoms with van der Waals surface area (Å²) in [5, 5.41) is 0. The van der Waals surface area contributed by atoms with Crippen molar-refractivity contribution in [1.29, 1.82) is 0 Å². The lowest BCUT2D eigenvalue weighted by Crippen LogP contribution is -2.08. The summed E-state index contributed by atoms with van der Waals surface area (Å²) in [7, 11) is 0. The van der Waals surface area contributed by atoms with Crippen LogP contribution in [0.3, 0.4) is 0 Å². The molecule has 1 heterocycles. The van der Waals surface area contributed by atoms with Gasteiger partial charge in [-0.05, 0) is 12.5 Å². The number of carbonyl (C=O) groups excluding carboxylic acids is 1. The predicted molar refractivity (Wildman–Crippen MR) is 42.9 cm³/mol. The molecule has 0 bridgehead atoms. The summed E-state index contributed by atoms with van der Waals surface area (Å²) >= 11 is 0. The molecule has 0 amide bonds. The summed E-state index contributed by atoms with van der Waals surface area (Å²) < 4.78 is 39.8. The van der Waals surface area contributed by atoms with Crippen molar-refractivity contribution in [1.82, 2.24) is 0 Å². The average molecular weight is 206 g/mol. The van der Waals surface area contributed by atoms with E-state index in [0.29, 0.717) is 5.56 Å². The number of hydrogen-bond donors (Lipinski definition) is 0. The van der Waals surface area contributed by atoms with Gasteiger partial charge in [0.1, 0.15) is 6.26 Å². The van der Waals surface area contributed by atoms with Crippen LogP contribution in [0.5, 0.6) is 0 Å². The standard InChI is InChI=1S/C9H9F3O2/c10-9(11,12)4-1-2-8(13)7-3-5-14-6-7/h3,5-6H,1-2,4H2. The minimum atomic E-state index is -4.18. The van der Waals surface area contributed by atoms with Crippen molar-refractivity contribution in [3.63, 3.8) is 0 Å². The smallest absolute Gasteiger partial charge is 0.389 e. The van der Waals surface area contributed by atoms with E-state index in [1.165, 1.54) is 18.6 Å². The molecule has 0 saturated carbocycles. The molecule has 5 heteroatoms. The first kappa shape index (κ1) is 10.8. The van der Waals surface area contributed by atoms with Gasteiger partial charge in [-0.2, -0.15) is 13.2 Å². The summed E-state index contributed by atoms with van der Waals surface area (Å²) in [5.74, 6) is -0.317. The second-order valence-electron chi connectivity index (χ2n) is 2.90. The number of Topliss-reactive ketones (excluding diaryl/α,β-unsaturated/α-hetero) is 1. The van der Waals surface area contributed by atoms with Gasteiger partial charge >= 0.3 is 6.18 Å².